The summed E-state index contributed by atoms with van der Waals surface area (Å²) >= 11 is 6.47. The van der Waals surface area contributed by atoms with Gasteiger partial charge >= 0.3 is 6.03 Å². The zero-order valence-corrected chi connectivity index (χ0v) is 18.1. The lowest BCUT2D eigenvalue weighted by Gasteiger charge is -2.29. The van der Waals surface area contributed by atoms with Crippen LogP contribution in [0, 0.1) is 0 Å². The number of hydrogen-bond donors (Lipinski definition) is 3. The van der Waals surface area contributed by atoms with Crippen molar-refractivity contribution < 1.29 is 19.1 Å². The molecule has 1 aliphatic rings. The smallest absolute Gasteiger partial charge is 0.319 e. The first kappa shape index (κ1) is 22.2. The van der Waals surface area contributed by atoms with E-state index in [0.29, 0.717) is 45.6 Å². The fourth-order valence-electron chi connectivity index (χ4n) is 3.26. The van der Waals surface area contributed by atoms with Crippen molar-refractivity contribution in [2.75, 3.05) is 18.5 Å². The lowest BCUT2D eigenvalue weighted by Crippen LogP contribution is -2.46. The van der Waals surface area contributed by atoms with Gasteiger partial charge in [0.2, 0.25) is 0 Å². The average molecular weight is 442 g/mol. The van der Waals surface area contributed by atoms with Crippen LogP contribution in [0.2, 0.25) is 5.02 Å². The maximum atomic E-state index is 13.1. The van der Waals surface area contributed by atoms with E-state index in [1.807, 2.05) is 25.1 Å². The van der Waals surface area contributed by atoms with E-state index < -0.39 is 12.1 Å². The summed E-state index contributed by atoms with van der Waals surface area (Å²) < 4.78 is 11.3. The minimum absolute atomic E-state index is 0.257. The van der Waals surface area contributed by atoms with Crippen molar-refractivity contribution in [3.8, 4) is 11.5 Å². The molecule has 0 radical (unpaired) electrons. The first-order valence-corrected chi connectivity index (χ1v) is 10.2. The second-order valence-corrected chi connectivity index (χ2v) is 7.16. The molecule has 3 amide bonds. The quantitative estimate of drug-likeness (QED) is 0.523. The molecule has 2 aromatic carbocycles. The number of carbonyl (C=O) groups excluding carboxylic acids is 2. The Morgan fingerprint density at radius 1 is 1.26 bits per heavy atom. The van der Waals surface area contributed by atoms with Crippen molar-refractivity contribution in [1.82, 2.24) is 10.6 Å². The van der Waals surface area contributed by atoms with Gasteiger partial charge in [-0.05, 0) is 43.7 Å². The number of urea groups is 1. The summed E-state index contributed by atoms with van der Waals surface area (Å²) in [7, 11) is 0. The van der Waals surface area contributed by atoms with Crippen LogP contribution >= 0.6 is 11.6 Å². The number of nitrogens with one attached hydrogen (secondary N) is 3. The summed E-state index contributed by atoms with van der Waals surface area (Å²) in [6.07, 6.45) is 1.60. The first-order chi connectivity index (χ1) is 14.9. The van der Waals surface area contributed by atoms with Gasteiger partial charge in [-0.25, -0.2) is 4.79 Å². The van der Waals surface area contributed by atoms with Crippen LogP contribution in [0.15, 0.2) is 66.4 Å². The van der Waals surface area contributed by atoms with Crippen molar-refractivity contribution in [3.63, 3.8) is 0 Å². The Bertz CT molecular complexity index is 1020. The molecule has 0 spiro atoms. The van der Waals surface area contributed by atoms with E-state index in [4.69, 9.17) is 21.1 Å². The van der Waals surface area contributed by atoms with Crippen LogP contribution in [0.3, 0.4) is 0 Å². The number of amides is 3. The molecule has 1 heterocycles. The Morgan fingerprint density at radius 3 is 2.68 bits per heavy atom. The second kappa shape index (κ2) is 10.0. The van der Waals surface area contributed by atoms with E-state index >= 15 is 0 Å². The number of para-hydroxylation sites is 1. The van der Waals surface area contributed by atoms with Crippen LogP contribution in [0.1, 0.15) is 25.5 Å². The van der Waals surface area contributed by atoms with Crippen LogP contribution < -0.4 is 25.4 Å². The van der Waals surface area contributed by atoms with Crippen molar-refractivity contribution in [3.05, 3.63) is 77.0 Å². The number of hydrogen-bond acceptors (Lipinski definition) is 4. The van der Waals surface area contributed by atoms with Gasteiger partial charge in [-0.1, -0.05) is 42.5 Å². The Labute approximate surface area is 186 Å². The summed E-state index contributed by atoms with van der Waals surface area (Å²) in [5, 5.41) is 8.62. The van der Waals surface area contributed by atoms with E-state index in [9.17, 15) is 9.59 Å². The topological polar surface area (TPSA) is 88.7 Å². The monoisotopic (exact) mass is 441 g/mol. The third kappa shape index (κ3) is 5.19. The highest BCUT2D eigenvalue weighted by Crippen LogP contribution is 2.40. The van der Waals surface area contributed by atoms with E-state index in [1.165, 1.54) is 0 Å². The minimum atomic E-state index is -0.734. The van der Waals surface area contributed by atoms with Crippen LogP contribution in [0.4, 0.5) is 10.5 Å². The van der Waals surface area contributed by atoms with Gasteiger partial charge in [0.1, 0.15) is 6.61 Å². The number of anilines is 1. The molecule has 0 fully saturated rings. The van der Waals surface area contributed by atoms with Crippen molar-refractivity contribution >= 4 is 29.2 Å². The molecule has 31 heavy (non-hydrogen) atoms. The Hall–Kier alpha value is -3.45. The second-order valence-electron chi connectivity index (χ2n) is 6.75. The summed E-state index contributed by atoms with van der Waals surface area (Å²) in [4.78, 5) is 25.3. The van der Waals surface area contributed by atoms with Gasteiger partial charge in [-0.3, -0.25) is 4.79 Å². The van der Waals surface area contributed by atoms with Crippen molar-refractivity contribution in [2.45, 2.75) is 19.9 Å². The molecule has 3 rings (SSSR count). The molecule has 1 aliphatic heterocycles. The molecule has 0 aliphatic carbocycles. The molecule has 0 saturated heterocycles. The Morgan fingerprint density at radius 2 is 2.00 bits per heavy atom. The highest BCUT2D eigenvalue weighted by atomic mass is 35.5. The zero-order chi connectivity index (χ0) is 22.4. The van der Waals surface area contributed by atoms with Gasteiger partial charge in [-0.2, -0.15) is 0 Å². The lowest BCUT2D eigenvalue weighted by molar-refractivity contribution is -0.113. The number of ether oxygens (including phenoxy) is 2. The number of halogens is 1. The van der Waals surface area contributed by atoms with Crippen LogP contribution in [-0.4, -0.2) is 25.2 Å². The predicted molar refractivity (Wildman–Crippen MR) is 120 cm³/mol. The Kier molecular flexibility index (Phi) is 7.20. The zero-order valence-electron chi connectivity index (χ0n) is 17.3. The van der Waals surface area contributed by atoms with Crippen LogP contribution in [0.25, 0.3) is 0 Å². The summed E-state index contributed by atoms with van der Waals surface area (Å²) in [5.74, 6) is 0.450. The first-order valence-electron chi connectivity index (χ1n) is 9.79. The molecule has 1 atom stereocenters. The van der Waals surface area contributed by atoms with Crippen LogP contribution in [-0.2, 0) is 4.79 Å². The summed E-state index contributed by atoms with van der Waals surface area (Å²) in [6, 6.07) is 11.3. The van der Waals surface area contributed by atoms with Gasteiger partial charge in [0.05, 0.1) is 23.2 Å². The van der Waals surface area contributed by atoms with Gasteiger partial charge in [-0.15, -0.1) is 0 Å². The molecule has 0 aromatic heterocycles. The SMILES string of the molecule is C=CCOc1c(Cl)cc([C@H]2NC(=O)NC(C)=C2C(=O)Nc2ccccc2)cc1OCC. The number of benzene rings is 2. The van der Waals surface area contributed by atoms with Crippen molar-refractivity contribution in [2.24, 2.45) is 0 Å². The summed E-state index contributed by atoms with van der Waals surface area (Å²) in [5.41, 5.74) is 2.04. The summed E-state index contributed by atoms with van der Waals surface area (Å²) in [6.45, 7) is 7.80. The molecule has 0 unspecified atom stereocenters. The molecular formula is C23H24ClN3O4. The third-order valence-electron chi connectivity index (χ3n) is 4.56. The van der Waals surface area contributed by atoms with E-state index in [2.05, 4.69) is 22.5 Å². The average Bonchev–Trinajstić information content (AvgIpc) is 2.73. The van der Waals surface area contributed by atoms with Gasteiger partial charge < -0.3 is 25.4 Å². The highest BCUT2D eigenvalue weighted by Gasteiger charge is 2.32. The number of rotatable bonds is 8. The molecule has 0 bridgehead atoms. The molecular weight excluding hydrogens is 418 g/mol. The molecule has 0 saturated carbocycles. The normalized spacial score (nSPS) is 15.6. The molecule has 7 nitrogen and oxygen atoms in total. The van der Waals surface area contributed by atoms with Crippen LogP contribution in [0.5, 0.6) is 11.5 Å². The molecule has 2 aromatic rings. The molecule has 3 N–H and O–H groups in total. The van der Waals surface area contributed by atoms with Gasteiger partial charge in [0, 0.05) is 11.4 Å². The minimum Gasteiger partial charge on any atom is -0.490 e. The van der Waals surface area contributed by atoms with Crippen molar-refractivity contribution in [1.29, 1.82) is 0 Å². The fourth-order valence-corrected chi connectivity index (χ4v) is 3.54. The predicted octanol–water partition coefficient (Wildman–Crippen LogP) is 4.57. The number of allylic oxidation sites excluding steroid dienone is 1. The molecule has 8 heteroatoms. The standard InChI is InChI=1S/C23H24ClN3O4/c1-4-11-31-21-17(24)12-15(13-18(21)30-5-2)20-19(14(3)25-23(29)27-20)22(28)26-16-9-7-6-8-10-16/h4,6-10,12-13,20H,1,5,11H2,2-3H3,(H,26,28)(H2,25,27,29)/t20-/m1/s1. The highest BCUT2D eigenvalue weighted by molar-refractivity contribution is 6.32. The van der Waals surface area contributed by atoms with E-state index in [-0.39, 0.29) is 12.5 Å². The maximum absolute atomic E-state index is 13.1. The largest absolute Gasteiger partial charge is 0.490 e. The van der Waals surface area contributed by atoms with Gasteiger partial charge in [0.15, 0.2) is 11.5 Å². The maximum Gasteiger partial charge on any atom is 0.319 e. The lowest BCUT2D eigenvalue weighted by atomic mass is 9.94. The third-order valence-corrected chi connectivity index (χ3v) is 4.84. The molecule has 162 valence electrons. The Balaban J connectivity index is 2.01. The number of carbonyl (C=O) groups is 2. The van der Waals surface area contributed by atoms with Gasteiger partial charge in [0.25, 0.3) is 5.91 Å². The van der Waals surface area contributed by atoms with E-state index in [1.54, 1.807) is 37.3 Å². The van der Waals surface area contributed by atoms with E-state index in [0.717, 1.165) is 0 Å². The fraction of sp³-hybridized carbons (Fsp3) is 0.217.